The number of alkyl halides is 1. The summed E-state index contributed by atoms with van der Waals surface area (Å²) in [6.07, 6.45) is 1.01. The van der Waals surface area contributed by atoms with E-state index in [-0.39, 0.29) is 0 Å². The van der Waals surface area contributed by atoms with E-state index in [2.05, 4.69) is 6.92 Å². The molecule has 0 saturated heterocycles. The molecule has 1 rings (SSSR count). The molecule has 0 heterocycles. The third-order valence-electron chi connectivity index (χ3n) is 1.62. The first-order valence-electron chi connectivity index (χ1n) is 4.78. The molecule has 0 radical (unpaired) electrons. The lowest BCUT2D eigenvalue weighted by Crippen LogP contribution is -1.99. The first-order valence-corrected chi connectivity index (χ1v) is 5.32. The maximum absolute atomic E-state index is 5.52. The highest BCUT2D eigenvalue weighted by Gasteiger charge is 1.96. The molecule has 0 spiro atoms. The predicted octanol–water partition coefficient (Wildman–Crippen LogP) is 3.09. The van der Waals surface area contributed by atoms with Crippen LogP contribution in [-0.4, -0.2) is 19.1 Å². The van der Waals surface area contributed by atoms with Crippen molar-refractivity contribution in [1.29, 1.82) is 0 Å². The molecule has 0 unspecified atom stereocenters. The van der Waals surface area contributed by atoms with Crippen molar-refractivity contribution in [3.05, 3.63) is 24.3 Å². The summed E-state index contributed by atoms with van der Waals surface area (Å²) in [5.41, 5.74) is 0. The molecule has 0 saturated carbocycles. The number of hydrogen-bond donors (Lipinski definition) is 0. The van der Waals surface area contributed by atoms with Gasteiger partial charge < -0.3 is 9.47 Å². The van der Waals surface area contributed by atoms with Gasteiger partial charge in [0.25, 0.3) is 0 Å². The molecule has 0 aromatic heterocycles. The Bertz CT molecular complexity index is 240. The van der Waals surface area contributed by atoms with E-state index < -0.39 is 0 Å². The van der Waals surface area contributed by atoms with E-state index in [1.165, 1.54) is 0 Å². The minimum Gasteiger partial charge on any atom is -0.493 e. The van der Waals surface area contributed by atoms with Crippen LogP contribution in [0.3, 0.4) is 0 Å². The van der Waals surface area contributed by atoms with Gasteiger partial charge >= 0.3 is 0 Å². The average molecular weight is 215 g/mol. The highest BCUT2D eigenvalue weighted by Crippen LogP contribution is 2.19. The average Bonchev–Trinajstić information content (AvgIpc) is 2.24. The van der Waals surface area contributed by atoms with Crippen LogP contribution >= 0.6 is 11.6 Å². The van der Waals surface area contributed by atoms with Crippen LogP contribution in [0, 0.1) is 0 Å². The van der Waals surface area contributed by atoms with E-state index in [0.29, 0.717) is 12.5 Å². The predicted molar refractivity (Wildman–Crippen MR) is 58.4 cm³/mol. The second-order valence-corrected chi connectivity index (χ2v) is 3.24. The van der Waals surface area contributed by atoms with Gasteiger partial charge in [0.1, 0.15) is 18.1 Å². The molecule has 14 heavy (non-hydrogen) atoms. The zero-order valence-corrected chi connectivity index (χ0v) is 9.09. The van der Waals surface area contributed by atoms with Gasteiger partial charge in [-0.25, -0.2) is 0 Å². The molecular weight excluding hydrogens is 200 g/mol. The minimum absolute atomic E-state index is 0.500. The molecule has 2 nitrogen and oxygen atoms in total. The first-order chi connectivity index (χ1) is 6.86. The van der Waals surface area contributed by atoms with Crippen LogP contribution in [0.2, 0.25) is 0 Å². The summed E-state index contributed by atoms with van der Waals surface area (Å²) >= 11 is 5.52. The van der Waals surface area contributed by atoms with Crippen LogP contribution < -0.4 is 9.47 Å². The molecule has 0 atom stereocenters. The zero-order chi connectivity index (χ0) is 10.2. The molecule has 78 valence electrons. The Morgan fingerprint density at radius 2 is 1.79 bits per heavy atom. The van der Waals surface area contributed by atoms with E-state index in [0.717, 1.165) is 24.5 Å². The Morgan fingerprint density at radius 1 is 1.14 bits per heavy atom. The summed E-state index contributed by atoms with van der Waals surface area (Å²) in [7, 11) is 0. The summed E-state index contributed by atoms with van der Waals surface area (Å²) in [6.45, 7) is 3.34. The molecule has 1 aromatic rings. The maximum atomic E-state index is 5.52. The van der Waals surface area contributed by atoms with Crippen LogP contribution in [0.15, 0.2) is 24.3 Å². The lowest BCUT2D eigenvalue weighted by atomic mass is 10.3. The fourth-order valence-corrected chi connectivity index (χ4v) is 1.11. The quantitative estimate of drug-likeness (QED) is 0.678. The number of hydrogen-bond acceptors (Lipinski definition) is 2. The van der Waals surface area contributed by atoms with Gasteiger partial charge in [0, 0.05) is 6.07 Å². The van der Waals surface area contributed by atoms with Crippen LogP contribution in [-0.2, 0) is 0 Å². The molecule has 0 aliphatic carbocycles. The largest absolute Gasteiger partial charge is 0.493 e. The highest BCUT2D eigenvalue weighted by molar-refractivity contribution is 6.17. The van der Waals surface area contributed by atoms with E-state index in [1.807, 2.05) is 24.3 Å². The molecule has 3 heteroatoms. The van der Waals surface area contributed by atoms with Crippen LogP contribution in [0.1, 0.15) is 13.3 Å². The second-order valence-electron chi connectivity index (χ2n) is 2.86. The van der Waals surface area contributed by atoms with E-state index in [4.69, 9.17) is 21.1 Å². The number of benzene rings is 1. The second kappa shape index (κ2) is 6.55. The van der Waals surface area contributed by atoms with Crippen LogP contribution in [0.5, 0.6) is 11.5 Å². The highest BCUT2D eigenvalue weighted by atomic mass is 35.5. The number of rotatable bonds is 6. The van der Waals surface area contributed by atoms with Gasteiger partial charge in [0.05, 0.1) is 12.5 Å². The lowest BCUT2D eigenvalue weighted by Gasteiger charge is -2.07. The summed E-state index contributed by atoms with van der Waals surface area (Å²) in [4.78, 5) is 0. The maximum Gasteiger partial charge on any atom is 0.123 e. The van der Waals surface area contributed by atoms with Gasteiger partial charge in [-0.15, -0.1) is 11.6 Å². The van der Waals surface area contributed by atoms with Gasteiger partial charge in [-0.1, -0.05) is 13.0 Å². The van der Waals surface area contributed by atoms with Crippen molar-refractivity contribution in [1.82, 2.24) is 0 Å². The van der Waals surface area contributed by atoms with Gasteiger partial charge in [-0.3, -0.25) is 0 Å². The number of halogens is 1. The van der Waals surface area contributed by atoms with Gasteiger partial charge in [-0.2, -0.15) is 0 Å². The molecule has 1 aromatic carbocycles. The van der Waals surface area contributed by atoms with Gasteiger partial charge in [0.2, 0.25) is 0 Å². The van der Waals surface area contributed by atoms with Crippen LogP contribution in [0.25, 0.3) is 0 Å². The smallest absolute Gasteiger partial charge is 0.123 e. The van der Waals surface area contributed by atoms with Crippen molar-refractivity contribution in [2.45, 2.75) is 13.3 Å². The van der Waals surface area contributed by atoms with Crippen molar-refractivity contribution >= 4 is 11.6 Å². The molecule has 0 amide bonds. The van der Waals surface area contributed by atoms with E-state index in [1.54, 1.807) is 0 Å². The number of ether oxygens (including phenoxy) is 2. The van der Waals surface area contributed by atoms with Gasteiger partial charge in [-0.05, 0) is 18.6 Å². The Kier molecular flexibility index (Phi) is 5.23. The molecule has 0 N–H and O–H groups in total. The molecule has 0 bridgehead atoms. The topological polar surface area (TPSA) is 18.5 Å². The van der Waals surface area contributed by atoms with E-state index in [9.17, 15) is 0 Å². The van der Waals surface area contributed by atoms with Crippen molar-refractivity contribution in [3.63, 3.8) is 0 Å². The Morgan fingerprint density at radius 3 is 2.36 bits per heavy atom. The third kappa shape index (κ3) is 3.88. The normalized spacial score (nSPS) is 9.86. The van der Waals surface area contributed by atoms with E-state index >= 15 is 0 Å². The SMILES string of the molecule is CCCOc1cccc(OCCCl)c1. The summed E-state index contributed by atoms with van der Waals surface area (Å²) < 4.78 is 10.8. The molecule has 0 aliphatic rings. The molecular formula is C11H15ClO2. The summed E-state index contributed by atoms with van der Waals surface area (Å²) in [5, 5.41) is 0. The van der Waals surface area contributed by atoms with Crippen LogP contribution in [0.4, 0.5) is 0 Å². The Hall–Kier alpha value is -0.890. The molecule has 0 aliphatic heterocycles. The van der Waals surface area contributed by atoms with Crippen molar-refractivity contribution in [2.75, 3.05) is 19.1 Å². The molecule has 0 fully saturated rings. The van der Waals surface area contributed by atoms with Crippen molar-refractivity contribution in [3.8, 4) is 11.5 Å². The lowest BCUT2D eigenvalue weighted by molar-refractivity contribution is 0.309. The van der Waals surface area contributed by atoms with Crippen molar-refractivity contribution in [2.24, 2.45) is 0 Å². The third-order valence-corrected chi connectivity index (χ3v) is 1.78. The Balaban J connectivity index is 2.50. The summed E-state index contributed by atoms with van der Waals surface area (Å²) in [5.74, 6) is 2.15. The zero-order valence-electron chi connectivity index (χ0n) is 8.33. The monoisotopic (exact) mass is 214 g/mol. The first kappa shape index (κ1) is 11.2. The fourth-order valence-electron chi connectivity index (χ4n) is 1.03. The van der Waals surface area contributed by atoms with Gasteiger partial charge in [0.15, 0.2) is 0 Å². The fraction of sp³-hybridized carbons (Fsp3) is 0.455. The minimum atomic E-state index is 0.500. The van der Waals surface area contributed by atoms with Crippen molar-refractivity contribution < 1.29 is 9.47 Å². The standard InChI is InChI=1S/C11H15ClO2/c1-2-7-13-10-4-3-5-11(9-10)14-8-6-12/h3-5,9H,2,6-8H2,1H3. The summed E-state index contributed by atoms with van der Waals surface area (Å²) in [6, 6.07) is 7.60. The Labute approximate surface area is 89.8 Å².